The lowest BCUT2D eigenvalue weighted by Gasteiger charge is -2.26. The summed E-state index contributed by atoms with van der Waals surface area (Å²) >= 11 is 0. The number of carbonyl (C=O) groups is 2. The van der Waals surface area contributed by atoms with Crippen LogP contribution in [0.2, 0.25) is 0 Å². The molecule has 0 unspecified atom stereocenters. The predicted octanol–water partition coefficient (Wildman–Crippen LogP) is 8.09. The SMILES string of the molecule is COc1ccc(N(c2ccc(C)cc2)c2ccc(C=C3C(=O)c4cc5ccccc5cc4C3=O)cc2)cc1. The van der Waals surface area contributed by atoms with Crippen LogP contribution in [0.15, 0.2) is 115 Å². The van der Waals surface area contributed by atoms with Crippen molar-refractivity contribution < 1.29 is 14.3 Å². The molecule has 38 heavy (non-hydrogen) atoms. The summed E-state index contributed by atoms with van der Waals surface area (Å²) in [4.78, 5) is 28.5. The van der Waals surface area contributed by atoms with Crippen molar-refractivity contribution >= 4 is 45.5 Å². The predicted molar refractivity (Wildman–Crippen MR) is 153 cm³/mol. The number of fused-ring (bicyclic) bond motifs is 2. The standard InChI is InChI=1S/C34H25NO3/c1-22-7-11-26(12-8-22)35(28-15-17-29(38-2)18-16-28)27-13-9-23(10-14-27)19-32-33(36)30-20-24-5-3-4-6-25(24)21-31(30)34(32)37/h3-21H,1-2H3. The number of allylic oxidation sites excluding steroid dienone is 1. The van der Waals surface area contributed by atoms with E-state index in [1.807, 2.05) is 84.9 Å². The Morgan fingerprint density at radius 3 is 1.61 bits per heavy atom. The maximum atomic E-state index is 13.2. The second-order valence-corrected chi connectivity index (χ2v) is 9.42. The van der Waals surface area contributed by atoms with Crippen molar-refractivity contribution in [1.82, 2.24) is 0 Å². The van der Waals surface area contributed by atoms with E-state index in [1.54, 1.807) is 13.2 Å². The molecule has 0 aromatic heterocycles. The summed E-state index contributed by atoms with van der Waals surface area (Å²) < 4.78 is 5.34. The van der Waals surface area contributed by atoms with E-state index in [2.05, 4.69) is 36.1 Å². The van der Waals surface area contributed by atoms with Crippen LogP contribution in [-0.2, 0) is 0 Å². The van der Waals surface area contributed by atoms with Crippen LogP contribution in [0.25, 0.3) is 16.8 Å². The average Bonchev–Trinajstić information content (AvgIpc) is 3.18. The molecule has 0 N–H and O–H groups in total. The minimum atomic E-state index is -0.223. The van der Waals surface area contributed by atoms with Gasteiger partial charge < -0.3 is 9.64 Å². The highest BCUT2D eigenvalue weighted by atomic mass is 16.5. The van der Waals surface area contributed by atoms with E-state index in [-0.39, 0.29) is 17.1 Å². The van der Waals surface area contributed by atoms with Crippen LogP contribution in [0.3, 0.4) is 0 Å². The van der Waals surface area contributed by atoms with Crippen LogP contribution < -0.4 is 9.64 Å². The molecule has 5 aromatic carbocycles. The minimum Gasteiger partial charge on any atom is -0.497 e. The third-order valence-corrected chi connectivity index (χ3v) is 6.95. The van der Waals surface area contributed by atoms with Gasteiger partial charge in [-0.3, -0.25) is 9.59 Å². The van der Waals surface area contributed by atoms with E-state index in [0.29, 0.717) is 11.1 Å². The number of anilines is 3. The molecule has 0 bridgehead atoms. The third-order valence-electron chi connectivity index (χ3n) is 6.95. The highest BCUT2D eigenvalue weighted by molar-refractivity contribution is 6.42. The monoisotopic (exact) mass is 495 g/mol. The lowest BCUT2D eigenvalue weighted by molar-refractivity contribution is 0.0990. The fourth-order valence-corrected chi connectivity index (χ4v) is 4.90. The zero-order chi connectivity index (χ0) is 26.2. The Hall–Kier alpha value is -4.96. The first-order chi connectivity index (χ1) is 18.5. The molecule has 0 aliphatic heterocycles. The maximum Gasteiger partial charge on any atom is 0.197 e. The van der Waals surface area contributed by atoms with Crippen LogP contribution >= 0.6 is 0 Å². The normalized spacial score (nSPS) is 12.5. The van der Waals surface area contributed by atoms with Gasteiger partial charge in [0.1, 0.15) is 5.75 Å². The molecule has 5 aromatic rings. The first kappa shape index (κ1) is 23.4. The summed E-state index contributed by atoms with van der Waals surface area (Å²) in [5, 5.41) is 1.90. The highest BCUT2D eigenvalue weighted by Gasteiger charge is 2.33. The molecule has 4 nitrogen and oxygen atoms in total. The van der Waals surface area contributed by atoms with Crippen molar-refractivity contribution in [1.29, 1.82) is 0 Å². The molecule has 0 radical (unpaired) electrons. The molecular weight excluding hydrogens is 470 g/mol. The van der Waals surface area contributed by atoms with Crippen molar-refractivity contribution in [2.24, 2.45) is 0 Å². The van der Waals surface area contributed by atoms with Crippen LogP contribution in [0, 0.1) is 6.92 Å². The molecular formula is C34H25NO3. The third kappa shape index (κ3) is 4.16. The van der Waals surface area contributed by atoms with Gasteiger partial charge in [0.15, 0.2) is 11.6 Å². The van der Waals surface area contributed by atoms with Gasteiger partial charge in [0.2, 0.25) is 0 Å². The van der Waals surface area contributed by atoms with E-state index in [1.165, 1.54) is 5.56 Å². The molecule has 0 saturated heterocycles. The molecule has 0 amide bonds. The number of ether oxygens (including phenoxy) is 1. The summed E-state index contributed by atoms with van der Waals surface area (Å²) in [5.74, 6) is 0.345. The summed E-state index contributed by atoms with van der Waals surface area (Å²) in [6.45, 7) is 2.07. The Morgan fingerprint density at radius 2 is 1.11 bits per heavy atom. The molecule has 0 fully saturated rings. The summed E-state index contributed by atoms with van der Waals surface area (Å²) in [7, 11) is 1.65. The summed E-state index contributed by atoms with van der Waals surface area (Å²) in [6.07, 6.45) is 1.70. The first-order valence-electron chi connectivity index (χ1n) is 12.5. The lowest BCUT2D eigenvalue weighted by Crippen LogP contribution is -2.09. The summed E-state index contributed by atoms with van der Waals surface area (Å²) in [6, 6.07) is 35.6. The number of aryl methyl sites for hydroxylation is 1. The second-order valence-electron chi connectivity index (χ2n) is 9.42. The van der Waals surface area contributed by atoms with Crippen molar-refractivity contribution in [2.75, 3.05) is 12.0 Å². The van der Waals surface area contributed by atoms with E-state index in [9.17, 15) is 9.59 Å². The van der Waals surface area contributed by atoms with Gasteiger partial charge in [-0.2, -0.15) is 0 Å². The van der Waals surface area contributed by atoms with E-state index in [0.717, 1.165) is 39.1 Å². The molecule has 6 rings (SSSR count). The Labute approximate surface area is 221 Å². The maximum absolute atomic E-state index is 13.2. The zero-order valence-corrected chi connectivity index (χ0v) is 21.1. The number of benzene rings is 5. The smallest absolute Gasteiger partial charge is 0.197 e. The highest BCUT2D eigenvalue weighted by Crippen LogP contribution is 2.36. The van der Waals surface area contributed by atoms with E-state index < -0.39 is 0 Å². The number of hydrogen-bond acceptors (Lipinski definition) is 4. The number of ketones is 2. The van der Waals surface area contributed by atoms with Gasteiger partial charge in [0.05, 0.1) is 12.7 Å². The van der Waals surface area contributed by atoms with Crippen LogP contribution in [0.4, 0.5) is 17.1 Å². The van der Waals surface area contributed by atoms with Crippen molar-refractivity contribution in [3.63, 3.8) is 0 Å². The number of nitrogens with zero attached hydrogens (tertiary/aromatic N) is 1. The molecule has 0 saturated carbocycles. The van der Waals surface area contributed by atoms with Crippen molar-refractivity contribution in [3.8, 4) is 5.75 Å². The summed E-state index contributed by atoms with van der Waals surface area (Å²) in [5.41, 5.74) is 6.10. The van der Waals surface area contributed by atoms with Crippen molar-refractivity contribution in [3.05, 3.63) is 137 Å². The number of hydrogen-bond donors (Lipinski definition) is 0. The Kier molecular flexibility index (Phi) is 5.85. The zero-order valence-electron chi connectivity index (χ0n) is 21.1. The van der Waals surface area contributed by atoms with Crippen LogP contribution in [0.1, 0.15) is 31.8 Å². The number of methoxy groups -OCH3 is 1. The van der Waals surface area contributed by atoms with Gasteiger partial charge in [-0.05, 0) is 90.0 Å². The quantitative estimate of drug-likeness (QED) is 0.183. The fraction of sp³-hybridized carbons (Fsp3) is 0.0588. The van der Waals surface area contributed by atoms with Crippen LogP contribution in [0.5, 0.6) is 5.75 Å². The number of Topliss-reactive ketones (excluding diaryl/α,β-unsaturated/α-hetero) is 2. The molecule has 1 aliphatic carbocycles. The largest absolute Gasteiger partial charge is 0.497 e. The molecule has 0 atom stereocenters. The number of carbonyl (C=O) groups excluding carboxylic acids is 2. The van der Waals surface area contributed by atoms with E-state index in [4.69, 9.17) is 4.74 Å². The van der Waals surface area contributed by atoms with Gasteiger partial charge >= 0.3 is 0 Å². The topological polar surface area (TPSA) is 46.6 Å². The molecule has 0 heterocycles. The molecule has 1 aliphatic rings. The van der Waals surface area contributed by atoms with Gasteiger partial charge in [-0.25, -0.2) is 0 Å². The lowest BCUT2D eigenvalue weighted by atomic mass is 10.0. The molecule has 4 heteroatoms. The van der Waals surface area contributed by atoms with Gasteiger partial charge in [-0.1, -0.05) is 54.1 Å². The van der Waals surface area contributed by atoms with Gasteiger partial charge in [0, 0.05) is 28.2 Å². The number of rotatable bonds is 5. The van der Waals surface area contributed by atoms with Crippen LogP contribution in [-0.4, -0.2) is 18.7 Å². The van der Waals surface area contributed by atoms with Gasteiger partial charge in [0.25, 0.3) is 0 Å². The Balaban J connectivity index is 1.35. The van der Waals surface area contributed by atoms with Gasteiger partial charge in [-0.15, -0.1) is 0 Å². The Bertz CT molecular complexity index is 1660. The van der Waals surface area contributed by atoms with Crippen molar-refractivity contribution in [2.45, 2.75) is 6.92 Å². The van der Waals surface area contributed by atoms with E-state index >= 15 is 0 Å². The fourth-order valence-electron chi connectivity index (χ4n) is 4.90. The minimum absolute atomic E-state index is 0.202. The average molecular weight is 496 g/mol. The molecule has 184 valence electrons. The first-order valence-corrected chi connectivity index (χ1v) is 12.5. The Morgan fingerprint density at radius 1 is 0.632 bits per heavy atom. The molecule has 0 spiro atoms. The second kappa shape index (κ2) is 9.49.